The number of nitrogens with two attached hydrogens (primary N) is 1. The molecule has 18 heavy (non-hydrogen) atoms. The van der Waals surface area contributed by atoms with Crippen LogP contribution < -0.4 is 11.1 Å². The highest BCUT2D eigenvalue weighted by atomic mass is 79.9. The highest BCUT2D eigenvalue weighted by Crippen LogP contribution is 2.33. The van der Waals surface area contributed by atoms with Gasteiger partial charge in [0.2, 0.25) is 5.91 Å². The van der Waals surface area contributed by atoms with Crippen LogP contribution in [0.15, 0.2) is 27.1 Å². The molecule has 1 aromatic rings. The first-order valence-electron chi connectivity index (χ1n) is 6.03. The van der Waals surface area contributed by atoms with Gasteiger partial charge in [-0.05, 0) is 56.8 Å². The van der Waals surface area contributed by atoms with Gasteiger partial charge in [0.25, 0.3) is 0 Å². The number of carbonyl (C=O) groups is 1. The normalized spacial score (nSPS) is 17.7. The van der Waals surface area contributed by atoms with Gasteiger partial charge in [0.15, 0.2) is 0 Å². The lowest BCUT2D eigenvalue weighted by Gasteiger charge is -2.22. The van der Waals surface area contributed by atoms with Crippen LogP contribution in [0.4, 0.5) is 5.69 Å². The molecule has 0 bridgehead atoms. The minimum absolute atomic E-state index is 0.0213. The van der Waals surface area contributed by atoms with Crippen molar-refractivity contribution >= 4 is 43.5 Å². The number of hydrogen-bond donors (Lipinski definition) is 2. The van der Waals surface area contributed by atoms with Crippen LogP contribution in [0, 0.1) is 0 Å². The number of halogens is 2. The smallest absolute Gasteiger partial charge is 0.226 e. The molecule has 1 fully saturated rings. The summed E-state index contributed by atoms with van der Waals surface area (Å²) in [6, 6.07) is 5.70. The predicted octanol–water partition coefficient (Wildman–Crippen LogP) is 3.81. The maximum atomic E-state index is 12.0. The van der Waals surface area contributed by atoms with Crippen molar-refractivity contribution in [1.29, 1.82) is 0 Å². The molecule has 2 rings (SSSR count). The molecule has 5 heteroatoms. The molecule has 0 unspecified atom stereocenters. The Labute approximate surface area is 124 Å². The van der Waals surface area contributed by atoms with Gasteiger partial charge < -0.3 is 11.1 Å². The van der Waals surface area contributed by atoms with Crippen molar-refractivity contribution < 1.29 is 4.79 Å². The van der Waals surface area contributed by atoms with Gasteiger partial charge >= 0.3 is 0 Å². The Morgan fingerprint density at radius 3 is 2.39 bits per heavy atom. The first-order valence-corrected chi connectivity index (χ1v) is 7.61. The zero-order valence-corrected chi connectivity index (χ0v) is 13.2. The van der Waals surface area contributed by atoms with Crippen molar-refractivity contribution in [2.24, 2.45) is 5.73 Å². The first-order chi connectivity index (χ1) is 8.50. The molecule has 0 radical (unpaired) electrons. The summed E-state index contributed by atoms with van der Waals surface area (Å²) in [6.07, 6.45) is 4.53. The summed E-state index contributed by atoms with van der Waals surface area (Å²) in [5, 5.41) is 2.92. The molecule has 0 heterocycles. The number of benzene rings is 1. The van der Waals surface area contributed by atoms with E-state index in [2.05, 4.69) is 37.2 Å². The maximum Gasteiger partial charge on any atom is 0.226 e. The molecule has 1 amide bonds. The fraction of sp³-hybridized carbons (Fsp3) is 0.462. The largest absolute Gasteiger partial charge is 0.325 e. The van der Waals surface area contributed by atoms with E-state index < -0.39 is 0 Å². The monoisotopic (exact) mass is 374 g/mol. The van der Waals surface area contributed by atoms with E-state index in [9.17, 15) is 4.79 Å². The average molecular weight is 376 g/mol. The van der Waals surface area contributed by atoms with E-state index in [4.69, 9.17) is 5.73 Å². The predicted molar refractivity (Wildman–Crippen MR) is 80.5 cm³/mol. The minimum atomic E-state index is -0.308. The number of amides is 1. The molecule has 1 aromatic carbocycles. The molecule has 3 nitrogen and oxygen atoms in total. The molecule has 1 aliphatic rings. The maximum absolute atomic E-state index is 12.0. The number of para-hydroxylation sites is 1. The number of rotatable bonds is 3. The number of anilines is 1. The van der Waals surface area contributed by atoms with Gasteiger partial charge in [0, 0.05) is 20.9 Å². The van der Waals surface area contributed by atoms with Crippen molar-refractivity contribution in [1.82, 2.24) is 0 Å². The second kappa shape index (κ2) is 5.72. The first kappa shape index (κ1) is 14.0. The summed E-state index contributed by atoms with van der Waals surface area (Å²) in [4.78, 5) is 12.0. The zero-order chi connectivity index (χ0) is 13.2. The van der Waals surface area contributed by atoms with Crippen molar-refractivity contribution in [2.45, 2.75) is 37.6 Å². The third-order valence-corrected chi connectivity index (χ3v) is 4.66. The topological polar surface area (TPSA) is 55.1 Å². The van der Waals surface area contributed by atoms with Crippen LogP contribution in [-0.4, -0.2) is 11.4 Å². The van der Waals surface area contributed by atoms with Crippen LogP contribution in [-0.2, 0) is 4.79 Å². The Hall–Kier alpha value is -0.390. The Balaban J connectivity index is 2.03. The SMILES string of the molecule is NC1(CC(=O)Nc2c(Br)cccc2Br)CCCC1. The fourth-order valence-corrected chi connectivity index (χ4v) is 3.57. The lowest BCUT2D eigenvalue weighted by Crippen LogP contribution is -2.40. The minimum Gasteiger partial charge on any atom is -0.325 e. The van der Waals surface area contributed by atoms with Crippen LogP contribution in [0.2, 0.25) is 0 Å². The van der Waals surface area contributed by atoms with Crippen LogP contribution in [0.1, 0.15) is 32.1 Å². The van der Waals surface area contributed by atoms with Crippen molar-refractivity contribution in [2.75, 3.05) is 5.32 Å². The van der Waals surface area contributed by atoms with E-state index in [0.717, 1.165) is 40.3 Å². The van der Waals surface area contributed by atoms with Gasteiger partial charge in [0.05, 0.1) is 5.69 Å². The zero-order valence-electron chi connectivity index (χ0n) is 10.0. The van der Waals surface area contributed by atoms with Gasteiger partial charge in [0.1, 0.15) is 0 Å². The second-order valence-corrected chi connectivity index (χ2v) is 6.60. The molecule has 1 saturated carbocycles. The molecule has 98 valence electrons. The molecule has 0 aliphatic heterocycles. The van der Waals surface area contributed by atoms with Crippen LogP contribution >= 0.6 is 31.9 Å². The van der Waals surface area contributed by atoms with E-state index in [0.29, 0.717) is 6.42 Å². The summed E-state index contributed by atoms with van der Waals surface area (Å²) in [6.45, 7) is 0. The fourth-order valence-electron chi connectivity index (χ4n) is 2.38. The molecule has 0 spiro atoms. The molecule has 0 saturated heterocycles. The molecule has 0 atom stereocenters. The summed E-state index contributed by atoms with van der Waals surface area (Å²) < 4.78 is 1.73. The Morgan fingerprint density at radius 1 is 1.28 bits per heavy atom. The van der Waals surface area contributed by atoms with Crippen LogP contribution in [0.25, 0.3) is 0 Å². The summed E-state index contributed by atoms with van der Waals surface area (Å²) in [5.41, 5.74) is 6.67. The van der Waals surface area contributed by atoms with Crippen LogP contribution in [0.3, 0.4) is 0 Å². The highest BCUT2D eigenvalue weighted by molar-refractivity contribution is 9.11. The van der Waals surface area contributed by atoms with Gasteiger partial charge in [-0.25, -0.2) is 0 Å². The van der Waals surface area contributed by atoms with Gasteiger partial charge in [-0.2, -0.15) is 0 Å². The third kappa shape index (κ3) is 3.33. The van der Waals surface area contributed by atoms with Gasteiger partial charge in [-0.3, -0.25) is 4.79 Å². The van der Waals surface area contributed by atoms with Gasteiger partial charge in [-0.1, -0.05) is 18.9 Å². The Kier molecular flexibility index (Phi) is 4.45. The van der Waals surface area contributed by atoms with E-state index in [1.807, 2.05) is 18.2 Å². The Bertz CT molecular complexity index is 436. The molecule has 3 N–H and O–H groups in total. The number of hydrogen-bond acceptors (Lipinski definition) is 2. The van der Waals surface area contributed by atoms with E-state index >= 15 is 0 Å². The molecule has 0 aromatic heterocycles. The second-order valence-electron chi connectivity index (χ2n) is 4.89. The Morgan fingerprint density at radius 2 is 1.83 bits per heavy atom. The van der Waals surface area contributed by atoms with Crippen molar-refractivity contribution in [3.63, 3.8) is 0 Å². The van der Waals surface area contributed by atoms with Crippen molar-refractivity contribution in [3.05, 3.63) is 27.1 Å². The number of nitrogens with one attached hydrogen (secondary N) is 1. The highest BCUT2D eigenvalue weighted by Gasteiger charge is 2.31. The van der Waals surface area contributed by atoms with Crippen LogP contribution in [0.5, 0.6) is 0 Å². The molecule has 1 aliphatic carbocycles. The summed E-state index contributed by atoms with van der Waals surface area (Å²) in [5.74, 6) is -0.0213. The summed E-state index contributed by atoms with van der Waals surface area (Å²) >= 11 is 6.85. The van der Waals surface area contributed by atoms with E-state index in [1.54, 1.807) is 0 Å². The van der Waals surface area contributed by atoms with E-state index in [-0.39, 0.29) is 11.4 Å². The number of carbonyl (C=O) groups excluding carboxylic acids is 1. The third-order valence-electron chi connectivity index (χ3n) is 3.34. The quantitative estimate of drug-likeness (QED) is 0.843. The molecular formula is C13H16Br2N2O. The molecular weight excluding hydrogens is 360 g/mol. The lowest BCUT2D eigenvalue weighted by atomic mass is 9.94. The average Bonchev–Trinajstić information content (AvgIpc) is 2.70. The van der Waals surface area contributed by atoms with Gasteiger partial charge in [-0.15, -0.1) is 0 Å². The standard InChI is InChI=1S/C13H16Br2N2O/c14-9-4-3-5-10(15)12(9)17-11(18)8-13(16)6-1-2-7-13/h3-5H,1-2,6-8,16H2,(H,17,18). The van der Waals surface area contributed by atoms with E-state index in [1.165, 1.54) is 0 Å². The lowest BCUT2D eigenvalue weighted by molar-refractivity contribution is -0.117. The van der Waals surface area contributed by atoms with Crippen molar-refractivity contribution in [3.8, 4) is 0 Å². The summed E-state index contributed by atoms with van der Waals surface area (Å²) in [7, 11) is 0.